The second-order valence-corrected chi connectivity index (χ2v) is 8.73. The van der Waals surface area contributed by atoms with Crippen molar-refractivity contribution in [2.45, 2.75) is 55.9 Å². The fraction of sp³-hybridized carbons (Fsp3) is 0.857. The van der Waals surface area contributed by atoms with Gasteiger partial charge in [0.15, 0.2) is 9.84 Å². The standard InChI is InChI=1S/C14H23N3O4S/c18-14(6-8-21-11-14)13-10-17(16-15-13)7-9-22(19,20)12-4-2-1-3-5-12/h10,12,18H,1-9,11H2. The molecule has 1 saturated heterocycles. The van der Waals surface area contributed by atoms with Gasteiger partial charge >= 0.3 is 0 Å². The van der Waals surface area contributed by atoms with E-state index in [9.17, 15) is 13.5 Å². The molecule has 2 fully saturated rings. The Hall–Kier alpha value is -0.990. The molecule has 1 N–H and O–H groups in total. The van der Waals surface area contributed by atoms with Gasteiger partial charge in [-0.2, -0.15) is 0 Å². The fourth-order valence-electron chi connectivity index (χ4n) is 3.19. The van der Waals surface area contributed by atoms with E-state index in [2.05, 4.69) is 10.3 Å². The van der Waals surface area contributed by atoms with Gasteiger partial charge < -0.3 is 9.84 Å². The first-order valence-electron chi connectivity index (χ1n) is 7.92. The molecule has 0 aromatic carbocycles. The number of nitrogens with zero attached hydrogens (tertiary/aromatic N) is 3. The number of aliphatic hydroxyl groups is 1. The molecule has 1 aromatic rings. The van der Waals surface area contributed by atoms with Gasteiger partial charge in [-0.1, -0.05) is 24.5 Å². The lowest BCUT2D eigenvalue weighted by Gasteiger charge is -2.21. The average Bonchev–Trinajstić information content (AvgIpc) is 3.16. The molecule has 8 heteroatoms. The first-order valence-corrected chi connectivity index (χ1v) is 9.63. The van der Waals surface area contributed by atoms with Crippen molar-refractivity contribution in [3.63, 3.8) is 0 Å². The summed E-state index contributed by atoms with van der Waals surface area (Å²) in [5.41, 5.74) is -0.624. The van der Waals surface area contributed by atoms with Gasteiger partial charge in [-0.3, -0.25) is 4.68 Å². The molecule has 1 aliphatic carbocycles. The summed E-state index contributed by atoms with van der Waals surface area (Å²) >= 11 is 0. The van der Waals surface area contributed by atoms with Crippen LogP contribution in [-0.4, -0.2) is 52.7 Å². The molecule has 2 aliphatic rings. The van der Waals surface area contributed by atoms with Crippen LogP contribution in [0.2, 0.25) is 0 Å². The lowest BCUT2D eigenvalue weighted by Crippen LogP contribution is -2.28. The largest absolute Gasteiger partial charge is 0.381 e. The zero-order valence-corrected chi connectivity index (χ0v) is 13.5. The van der Waals surface area contributed by atoms with Gasteiger partial charge in [0.05, 0.1) is 30.4 Å². The van der Waals surface area contributed by atoms with E-state index in [1.165, 1.54) is 4.68 Å². The first-order chi connectivity index (χ1) is 10.5. The minimum atomic E-state index is -3.08. The predicted octanol–water partition coefficient (Wildman–Crippen LogP) is 0.633. The van der Waals surface area contributed by atoms with Crippen LogP contribution in [0.3, 0.4) is 0 Å². The predicted molar refractivity (Wildman–Crippen MR) is 80.0 cm³/mol. The fourth-order valence-corrected chi connectivity index (χ4v) is 5.02. The van der Waals surface area contributed by atoms with E-state index in [-0.39, 0.29) is 24.2 Å². The Kier molecular flexibility index (Phi) is 4.52. The van der Waals surface area contributed by atoms with Crippen molar-refractivity contribution in [2.24, 2.45) is 0 Å². The van der Waals surface area contributed by atoms with E-state index in [0.29, 0.717) is 18.7 Å². The monoisotopic (exact) mass is 329 g/mol. The zero-order valence-electron chi connectivity index (χ0n) is 12.6. The molecule has 3 rings (SSSR count). The Morgan fingerprint density at radius 2 is 2.14 bits per heavy atom. The summed E-state index contributed by atoms with van der Waals surface area (Å²) in [4.78, 5) is 0. The quantitative estimate of drug-likeness (QED) is 0.851. The van der Waals surface area contributed by atoms with Gasteiger partial charge in [0, 0.05) is 13.0 Å². The Morgan fingerprint density at radius 1 is 1.36 bits per heavy atom. The van der Waals surface area contributed by atoms with Crippen molar-refractivity contribution in [3.05, 3.63) is 11.9 Å². The second kappa shape index (κ2) is 6.25. The Morgan fingerprint density at radius 3 is 2.82 bits per heavy atom. The lowest BCUT2D eigenvalue weighted by atomic mass is 10.0. The highest BCUT2D eigenvalue weighted by Gasteiger charge is 2.37. The maximum Gasteiger partial charge on any atom is 0.154 e. The molecule has 1 unspecified atom stereocenters. The van der Waals surface area contributed by atoms with Crippen molar-refractivity contribution < 1.29 is 18.3 Å². The third kappa shape index (κ3) is 3.33. The van der Waals surface area contributed by atoms with Crippen LogP contribution >= 0.6 is 0 Å². The van der Waals surface area contributed by atoms with Gasteiger partial charge in [-0.15, -0.1) is 5.10 Å². The van der Waals surface area contributed by atoms with Crippen LogP contribution in [0.4, 0.5) is 0 Å². The van der Waals surface area contributed by atoms with Crippen molar-refractivity contribution in [3.8, 4) is 0 Å². The van der Waals surface area contributed by atoms with E-state index in [4.69, 9.17) is 4.74 Å². The minimum absolute atomic E-state index is 0.0788. The molecule has 1 aromatic heterocycles. The number of aromatic nitrogens is 3. The van der Waals surface area contributed by atoms with Crippen LogP contribution < -0.4 is 0 Å². The molecule has 0 amide bonds. The van der Waals surface area contributed by atoms with Crippen LogP contribution in [-0.2, 0) is 26.7 Å². The van der Waals surface area contributed by atoms with Crippen LogP contribution in [0.25, 0.3) is 0 Å². The summed E-state index contributed by atoms with van der Waals surface area (Å²) in [6.45, 7) is 0.994. The Bertz CT molecular complexity index is 601. The summed E-state index contributed by atoms with van der Waals surface area (Å²) in [5, 5.41) is 18.1. The minimum Gasteiger partial charge on any atom is -0.381 e. The molecule has 0 bridgehead atoms. The number of aryl methyl sites for hydroxylation is 1. The molecule has 22 heavy (non-hydrogen) atoms. The molecule has 0 spiro atoms. The van der Waals surface area contributed by atoms with E-state index < -0.39 is 15.4 Å². The summed E-state index contributed by atoms with van der Waals surface area (Å²) in [6, 6.07) is 0. The summed E-state index contributed by atoms with van der Waals surface area (Å²) < 4.78 is 31.4. The number of ether oxygens (including phenoxy) is 1. The van der Waals surface area contributed by atoms with E-state index in [1.807, 2.05) is 0 Å². The highest BCUT2D eigenvalue weighted by atomic mass is 32.2. The topological polar surface area (TPSA) is 94.3 Å². The normalized spacial score (nSPS) is 27.3. The van der Waals surface area contributed by atoms with Crippen LogP contribution in [0.15, 0.2) is 6.20 Å². The lowest BCUT2D eigenvalue weighted by molar-refractivity contribution is 0.0193. The van der Waals surface area contributed by atoms with Gasteiger partial charge in [-0.25, -0.2) is 8.42 Å². The molecule has 0 radical (unpaired) electrons. The number of hydrogen-bond donors (Lipinski definition) is 1. The van der Waals surface area contributed by atoms with Crippen molar-refractivity contribution >= 4 is 9.84 Å². The number of rotatable bonds is 5. The van der Waals surface area contributed by atoms with E-state index in [0.717, 1.165) is 32.1 Å². The smallest absolute Gasteiger partial charge is 0.154 e. The third-order valence-electron chi connectivity index (χ3n) is 4.68. The summed E-state index contributed by atoms with van der Waals surface area (Å²) in [6.07, 6.45) is 6.83. The highest BCUT2D eigenvalue weighted by molar-refractivity contribution is 7.92. The average molecular weight is 329 g/mol. The van der Waals surface area contributed by atoms with Crippen molar-refractivity contribution in [1.29, 1.82) is 0 Å². The SMILES string of the molecule is O=S(=O)(CCn1cc(C2(O)CCOC2)nn1)C1CCCCC1. The molecular formula is C14H23N3O4S. The van der Waals surface area contributed by atoms with Crippen molar-refractivity contribution in [1.82, 2.24) is 15.0 Å². The molecule has 1 aliphatic heterocycles. The molecule has 7 nitrogen and oxygen atoms in total. The van der Waals surface area contributed by atoms with Gasteiger partial charge in [0.2, 0.25) is 0 Å². The molecule has 124 valence electrons. The second-order valence-electron chi connectivity index (χ2n) is 6.33. The maximum atomic E-state index is 12.4. The Balaban J connectivity index is 1.61. The van der Waals surface area contributed by atoms with Gasteiger partial charge in [0.1, 0.15) is 11.3 Å². The van der Waals surface area contributed by atoms with Gasteiger partial charge in [0.25, 0.3) is 0 Å². The third-order valence-corrected chi connectivity index (χ3v) is 6.92. The Labute approximate surface area is 130 Å². The maximum absolute atomic E-state index is 12.4. The van der Waals surface area contributed by atoms with Crippen molar-refractivity contribution in [2.75, 3.05) is 19.0 Å². The molecule has 2 heterocycles. The summed E-state index contributed by atoms with van der Waals surface area (Å²) in [7, 11) is -3.08. The van der Waals surface area contributed by atoms with E-state index in [1.54, 1.807) is 6.20 Å². The van der Waals surface area contributed by atoms with E-state index >= 15 is 0 Å². The van der Waals surface area contributed by atoms with Crippen LogP contribution in [0.5, 0.6) is 0 Å². The first kappa shape index (κ1) is 15.9. The van der Waals surface area contributed by atoms with Gasteiger partial charge in [-0.05, 0) is 12.8 Å². The van der Waals surface area contributed by atoms with Crippen LogP contribution in [0, 0.1) is 0 Å². The highest BCUT2D eigenvalue weighted by Crippen LogP contribution is 2.28. The number of hydrogen-bond acceptors (Lipinski definition) is 6. The molecular weight excluding hydrogens is 306 g/mol. The number of sulfone groups is 1. The molecule has 1 saturated carbocycles. The zero-order chi connectivity index (χ0) is 15.6. The summed E-state index contributed by atoms with van der Waals surface area (Å²) in [5.74, 6) is 0.0788. The molecule has 1 atom stereocenters. The van der Waals surface area contributed by atoms with Crippen LogP contribution in [0.1, 0.15) is 44.2 Å².